The van der Waals surface area contributed by atoms with E-state index >= 15 is 0 Å². The first-order valence-electron chi connectivity index (χ1n) is 4.27. The largest absolute Gasteiger partial charge is 0.393 e. The lowest BCUT2D eigenvalue weighted by Gasteiger charge is -2.35. The third kappa shape index (κ3) is 2.57. The maximum Gasteiger partial charge on any atom is 0.391 e. The Kier molecular flexibility index (Phi) is 2.87. The number of rotatable bonds is 1. The molecule has 0 saturated heterocycles. The summed E-state index contributed by atoms with van der Waals surface area (Å²) in [7, 11) is 0. The van der Waals surface area contributed by atoms with E-state index in [1.807, 2.05) is 0 Å². The summed E-state index contributed by atoms with van der Waals surface area (Å²) in [6, 6.07) is 0. The zero-order chi connectivity index (χ0) is 10.1. The van der Waals surface area contributed by atoms with Gasteiger partial charge in [-0.25, -0.2) is 0 Å². The van der Waals surface area contributed by atoms with Crippen molar-refractivity contribution in [3.63, 3.8) is 0 Å². The Hall–Kier alpha value is -0.290. The molecule has 2 N–H and O–H groups in total. The molecule has 2 nitrogen and oxygen atoms in total. The predicted octanol–water partition coefficient (Wildman–Crippen LogP) is 1.46. The summed E-state index contributed by atoms with van der Waals surface area (Å²) in [5.41, 5.74) is -1.28. The van der Waals surface area contributed by atoms with Gasteiger partial charge in [0, 0.05) is 0 Å². The van der Waals surface area contributed by atoms with Crippen LogP contribution in [0, 0.1) is 5.92 Å². The first kappa shape index (κ1) is 10.8. The fourth-order valence-corrected chi connectivity index (χ4v) is 1.64. The highest BCUT2D eigenvalue weighted by atomic mass is 19.4. The molecule has 13 heavy (non-hydrogen) atoms. The Bertz CT molecular complexity index is 171. The van der Waals surface area contributed by atoms with E-state index in [0.29, 0.717) is 0 Å². The quantitative estimate of drug-likeness (QED) is 0.669. The standard InChI is InChI=1S/C8H13F3O2/c9-8(10,11)6-1-3-7(13,5-12)4-2-6/h6,12-13H,1-5H2. The van der Waals surface area contributed by atoms with Gasteiger partial charge in [-0.1, -0.05) is 0 Å². The van der Waals surface area contributed by atoms with E-state index in [1.54, 1.807) is 0 Å². The Morgan fingerprint density at radius 1 is 1.23 bits per heavy atom. The molecule has 0 bridgehead atoms. The minimum absolute atomic E-state index is 0.0354. The van der Waals surface area contributed by atoms with Gasteiger partial charge >= 0.3 is 6.18 Å². The van der Waals surface area contributed by atoms with Crippen molar-refractivity contribution < 1.29 is 23.4 Å². The summed E-state index contributed by atoms with van der Waals surface area (Å²) < 4.78 is 36.5. The molecule has 0 unspecified atom stereocenters. The van der Waals surface area contributed by atoms with Crippen LogP contribution in [0.1, 0.15) is 25.7 Å². The van der Waals surface area contributed by atoms with Crippen molar-refractivity contribution >= 4 is 0 Å². The van der Waals surface area contributed by atoms with Crippen molar-refractivity contribution in [1.29, 1.82) is 0 Å². The summed E-state index contributed by atoms with van der Waals surface area (Å²) in [4.78, 5) is 0. The minimum atomic E-state index is -4.16. The molecular weight excluding hydrogens is 185 g/mol. The number of halogens is 3. The van der Waals surface area contributed by atoms with Gasteiger partial charge in [-0.3, -0.25) is 0 Å². The van der Waals surface area contributed by atoms with E-state index in [2.05, 4.69) is 0 Å². The summed E-state index contributed by atoms with van der Waals surface area (Å²) in [5.74, 6) is -1.31. The Balaban J connectivity index is 2.48. The number of aliphatic hydroxyl groups excluding tert-OH is 1. The van der Waals surface area contributed by atoms with E-state index in [-0.39, 0.29) is 25.7 Å². The summed E-state index contributed by atoms with van der Waals surface area (Å²) in [6.45, 7) is -0.447. The average molecular weight is 198 g/mol. The first-order chi connectivity index (χ1) is 5.87. The van der Waals surface area contributed by atoms with Crippen LogP contribution in [-0.4, -0.2) is 28.6 Å². The van der Waals surface area contributed by atoms with Crippen molar-refractivity contribution in [3.8, 4) is 0 Å². The van der Waals surface area contributed by atoms with Crippen LogP contribution in [0.5, 0.6) is 0 Å². The predicted molar refractivity (Wildman–Crippen MR) is 40.0 cm³/mol. The van der Waals surface area contributed by atoms with Crippen LogP contribution in [0.3, 0.4) is 0 Å². The van der Waals surface area contributed by atoms with E-state index in [4.69, 9.17) is 5.11 Å². The topological polar surface area (TPSA) is 40.5 Å². The highest BCUT2D eigenvalue weighted by molar-refractivity contribution is 4.86. The molecule has 1 rings (SSSR count). The highest BCUT2D eigenvalue weighted by Gasteiger charge is 2.44. The Morgan fingerprint density at radius 2 is 1.69 bits per heavy atom. The molecule has 0 aromatic rings. The van der Waals surface area contributed by atoms with Crippen LogP contribution in [0.4, 0.5) is 13.2 Å². The van der Waals surface area contributed by atoms with Gasteiger partial charge in [0.05, 0.1) is 18.1 Å². The smallest absolute Gasteiger partial charge is 0.391 e. The zero-order valence-electron chi connectivity index (χ0n) is 7.14. The van der Waals surface area contributed by atoms with Gasteiger partial charge in [-0.15, -0.1) is 0 Å². The van der Waals surface area contributed by atoms with Crippen molar-refractivity contribution in [2.75, 3.05) is 6.61 Å². The molecule has 5 heteroatoms. The van der Waals surface area contributed by atoms with Gasteiger partial charge in [0.25, 0.3) is 0 Å². The van der Waals surface area contributed by atoms with Gasteiger partial charge in [-0.05, 0) is 25.7 Å². The molecule has 78 valence electrons. The molecule has 0 atom stereocenters. The lowest BCUT2D eigenvalue weighted by molar-refractivity contribution is -0.194. The maximum absolute atomic E-state index is 12.2. The molecular formula is C8H13F3O2. The van der Waals surface area contributed by atoms with Gasteiger partial charge < -0.3 is 10.2 Å². The second-order valence-corrected chi connectivity index (χ2v) is 3.70. The van der Waals surface area contributed by atoms with Crippen LogP contribution in [0.25, 0.3) is 0 Å². The minimum Gasteiger partial charge on any atom is -0.393 e. The second kappa shape index (κ2) is 3.46. The molecule has 1 fully saturated rings. The number of aliphatic hydroxyl groups is 2. The molecule has 1 saturated carbocycles. The van der Waals surface area contributed by atoms with Crippen LogP contribution in [0.15, 0.2) is 0 Å². The van der Waals surface area contributed by atoms with Crippen LogP contribution >= 0.6 is 0 Å². The van der Waals surface area contributed by atoms with Gasteiger partial charge in [0.1, 0.15) is 0 Å². The lowest BCUT2D eigenvalue weighted by Crippen LogP contribution is -2.40. The molecule has 0 aromatic heterocycles. The van der Waals surface area contributed by atoms with E-state index in [1.165, 1.54) is 0 Å². The van der Waals surface area contributed by atoms with Gasteiger partial charge in [0.2, 0.25) is 0 Å². The average Bonchev–Trinajstić information content (AvgIpc) is 2.04. The van der Waals surface area contributed by atoms with Crippen molar-refractivity contribution in [3.05, 3.63) is 0 Å². The molecule has 0 aliphatic heterocycles. The second-order valence-electron chi connectivity index (χ2n) is 3.70. The van der Waals surface area contributed by atoms with Crippen molar-refractivity contribution in [1.82, 2.24) is 0 Å². The van der Waals surface area contributed by atoms with Gasteiger partial charge in [0.15, 0.2) is 0 Å². The SMILES string of the molecule is OCC1(O)CCC(C(F)(F)F)CC1. The van der Waals surface area contributed by atoms with Crippen LogP contribution in [0.2, 0.25) is 0 Å². The van der Waals surface area contributed by atoms with Crippen LogP contribution < -0.4 is 0 Å². The number of alkyl halides is 3. The molecule has 0 spiro atoms. The summed E-state index contributed by atoms with van der Waals surface area (Å²) in [6.07, 6.45) is -4.25. The molecule has 1 aliphatic rings. The Labute approximate surface area is 74.4 Å². The fourth-order valence-electron chi connectivity index (χ4n) is 1.64. The van der Waals surface area contributed by atoms with Crippen molar-refractivity contribution in [2.24, 2.45) is 5.92 Å². The lowest BCUT2D eigenvalue weighted by atomic mass is 9.79. The first-order valence-corrected chi connectivity index (χ1v) is 4.27. The van der Waals surface area contributed by atoms with E-state index in [9.17, 15) is 18.3 Å². The molecule has 0 aromatic carbocycles. The molecule has 0 amide bonds. The third-order valence-electron chi connectivity index (χ3n) is 2.67. The zero-order valence-corrected chi connectivity index (χ0v) is 7.14. The Morgan fingerprint density at radius 3 is 2.00 bits per heavy atom. The van der Waals surface area contributed by atoms with Crippen LogP contribution in [-0.2, 0) is 0 Å². The third-order valence-corrected chi connectivity index (χ3v) is 2.67. The van der Waals surface area contributed by atoms with E-state index < -0.39 is 24.3 Å². The number of hydrogen-bond donors (Lipinski definition) is 2. The molecule has 0 radical (unpaired) electrons. The van der Waals surface area contributed by atoms with E-state index in [0.717, 1.165) is 0 Å². The monoisotopic (exact) mass is 198 g/mol. The molecule has 1 aliphatic carbocycles. The summed E-state index contributed by atoms with van der Waals surface area (Å²) in [5, 5.41) is 18.2. The normalized spacial score (nSPS) is 36.2. The van der Waals surface area contributed by atoms with Crippen molar-refractivity contribution in [2.45, 2.75) is 37.5 Å². The number of hydrogen-bond acceptors (Lipinski definition) is 2. The fraction of sp³-hybridized carbons (Fsp3) is 1.00. The van der Waals surface area contributed by atoms with Gasteiger partial charge in [-0.2, -0.15) is 13.2 Å². The molecule has 0 heterocycles. The summed E-state index contributed by atoms with van der Waals surface area (Å²) >= 11 is 0. The maximum atomic E-state index is 12.2. The highest BCUT2D eigenvalue weighted by Crippen LogP contribution is 2.40.